The zero-order valence-corrected chi connectivity index (χ0v) is 20.8. The number of likely N-dealkylation sites (N-methyl/N-ethyl adjacent to an activating group) is 2. The van der Waals surface area contributed by atoms with Crippen molar-refractivity contribution in [3.63, 3.8) is 0 Å². The second kappa shape index (κ2) is 9.93. The van der Waals surface area contributed by atoms with Crippen molar-refractivity contribution in [1.82, 2.24) is 19.9 Å². The van der Waals surface area contributed by atoms with E-state index in [1.807, 2.05) is 49.5 Å². The second-order valence-electron chi connectivity index (χ2n) is 8.87. The molecule has 1 saturated heterocycles. The molecule has 9 heteroatoms. The van der Waals surface area contributed by atoms with Crippen molar-refractivity contribution in [2.45, 2.75) is 6.04 Å². The molecule has 0 saturated carbocycles. The van der Waals surface area contributed by atoms with Gasteiger partial charge in [-0.05, 0) is 37.4 Å². The predicted molar refractivity (Wildman–Crippen MR) is 146 cm³/mol. The molecule has 8 nitrogen and oxygen atoms in total. The molecule has 2 N–H and O–H groups in total. The van der Waals surface area contributed by atoms with Gasteiger partial charge < -0.3 is 20.4 Å². The van der Waals surface area contributed by atoms with Crippen LogP contribution in [-0.4, -0.2) is 59.0 Å². The number of rotatable bonds is 7. The largest absolute Gasteiger partial charge is 0.367 e. The Balaban J connectivity index is 1.48. The van der Waals surface area contributed by atoms with E-state index in [-0.39, 0.29) is 5.91 Å². The number of anilines is 4. The van der Waals surface area contributed by atoms with E-state index in [2.05, 4.69) is 44.0 Å². The zero-order valence-electron chi connectivity index (χ0n) is 20.1. The van der Waals surface area contributed by atoms with Crippen LogP contribution in [0.4, 0.5) is 23.0 Å². The minimum Gasteiger partial charge on any atom is -0.367 e. The molecule has 0 atom stereocenters. The summed E-state index contributed by atoms with van der Waals surface area (Å²) in [7, 11) is 4.14. The summed E-state index contributed by atoms with van der Waals surface area (Å²) in [4.78, 5) is 30.1. The highest BCUT2D eigenvalue weighted by atomic mass is 35.5. The fourth-order valence-corrected chi connectivity index (χ4v) is 4.52. The zero-order chi connectivity index (χ0) is 25.2. The number of halogens is 1. The molecule has 2 aromatic carbocycles. The van der Waals surface area contributed by atoms with Crippen LogP contribution in [0.5, 0.6) is 0 Å². The molecule has 0 aliphatic carbocycles. The highest BCUT2D eigenvalue weighted by molar-refractivity contribution is 6.30. The van der Waals surface area contributed by atoms with Gasteiger partial charge >= 0.3 is 0 Å². The third-order valence-electron chi connectivity index (χ3n) is 6.30. The first-order valence-electron chi connectivity index (χ1n) is 11.5. The Kier molecular flexibility index (Phi) is 6.54. The first-order valence-corrected chi connectivity index (χ1v) is 11.9. The van der Waals surface area contributed by atoms with E-state index in [0.717, 1.165) is 46.5 Å². The lowest BCUT2D eigenvalue weighted by Gasteiger charge is -2.43. The van der Waals surface area contributed by atoms with Crippen molar-refractivity contribution in [2.75, 3.05) is 42.7 Å². The molecule has 36 heavy (non-hydrogen) atoms. The first kappa shape index (κ1) is 23.7. The van der Waals surface area contributed by atoms with Crippen LogP contribution in [-0.2, 0) is 4.79 Å². The molecule has 0 radical (unpaired) electrons. The van der Waals surface area contributed by atoms with Crippen molar-refractivity contribution < 1.29 is 4.79 Å². The molecule has 1 aliphatic rings. The van der Waals surface area contributed by atoms with Gasteiger partial charge in [0, 0.05) is 60.9 Å². The monoisotopic (exact) mass is 499 g/mol. The van der Waals surface area contributed by atoms with E-state index in [1.165, 1.54) is 6.08 Å². The summed E-state index contributed by atoms with van der Waals surface area (Å²) < 4.78 is 0. The Hall–Kier alpha value is -4.01. The fraction of sp³-hybridized carbons (Fsp3) is 0.185. The van der Waals surface area contributed by atoms with Crippen LogP contribution in [0.2, 0.25) is 5.02 Å². The van der Waals surface area contributed by atoms with Gasteiger partial charge in [-0.25, -0.2) is 9.97 Å². The van der Waals surface area contributed by atoms with Gasteiger partial charge in [0.05, 0.1) is 28.0 Å². The average Bonchev–Trinajstić information content (AvgIpc) is 2.86. The maximum atomic E-state index is 12.2. The summed E-state index contributed by atoms with van der Waals surface area (Å²) in [6.45, 7) is 5.53. The van der Waals surface area contributed by atoms with Crippen LogP contribution in [0, 0.1) is 0 Å². The third-order valence-corrected chi connectivity index (χ3v) is 6.50. The van der Waals surface area contributed by atoms with Crippen molar-refractivity contribution in [3.8, 4) is 11.1 Å². The summed E-state index contributed by atoms with van der Waals surface area (Å²) in [5.74, 6) is 0.168. The summed E-state index contributed by atoms with van der Waals surface area (Å²) in [6, 6.07) is 14.0. The number of carbonyl (C=O) groups is 1. The number of nitrogens with zero attached hydrogens (tertiary/aromatic N) is 5. The first-order chi connectivity index (χ1) is 17.4. The second-order valence-corrected chi connectivity index (χ2v) is 9.30. The number of carbonyl (C=O) groups excluding carboxylic acids is 1. The lowest BCUT2D eigenvalue weighted by molar-refractivity contribution is -0.111. The molecule has 1 amide bonds. The number of hydrogen-bond acceptors (Lipinski definition) is 7. The Morgan fingerprint density at radius 2 is 2.03 bits per heavy atom. The smallest absolute Gasteiger partial charge is 0.247 e. The molecule has 5 rings (SSSR count). The summed E-state index contributed by atoms with van der Waals surface area (Å²) in [5.41, 5.74) is 4.94. The number of para-hydroxylation sites is 1. The quantitative estimate of drug-likeness (QED) is 0.347. The molecule has 3 heterocycles. The predicted octanol–water partition coefficient (Wildman–Crippen LogP) is 4.96. The van der Waals surface area contributed by atoms with Gasteiger partial charge in [0.25, 0.3) is 0 Å². The summed E-state index contributed by atoms with van der Waals surface area (Å²) in [5, 5.41) is 7.68. The molecule has 1 aliphatic heterocycles. The Bertz CT molecular complexity index is 1450. The highest BCUT2D eigenvalue weighted by Gasteiger charge is 2.28. The topological polar surface area (TPSA) is 86.3 Å². The van der Waals surface area contributed by atoms with Crippen LogP contribution < -0.4 is 15.5 Å². The Labute approximate surface area is 214 Å². The van der Waals surface area contributed by atoms with Gasteiger partial charge in [-0.3, -0.25) is 9.78 Å². The fourth-order valence-electron chi connectivity index (χ4n) is 4.35. The van der Waals surface area contributed by atoms with Crippen LogP contribution in [0.25, 0.3) is 22.0 Å². The maximum absolute atomic E-state index is 12.2. The number of likely N-dealkylation sites (tertiary alicyclic amines) is 1. The van der Waals surface area contributed by atoms with Crippen molar-refractivity contribution >= 4 is 51.4 Å². The number of amides is 1. The number of nitrogens with one attached hydrogen (secondary N) is 2. The lowest BCUT2D eigenvalue weighted by Crippen LogP contribution is -2.56. The molecule has 182 valence electrons. The van der Waals surface area contributed by atoms with Gasteiger partial charge in [0.1, 0.15) is 0 Å². The minimum absolute atomic E-state index is 0.269. The lowest BCUT2D eigenvalue weighted by atomic mass is 10.0. The van der Waals surface area contributed by atoms with Gasteiger partial charge in [0.15, 0.2) is 0 Å². The van der Waals surface area contributed by atoms with Gasteiger partial charge in [-0.1, -0.05) is 36.4 Å². The normalized spacial score (nSPS) is 13.8. The summed E-state index contributed by atoms with van der Waals surface area (Å²) >= 11 is 6.17. The van der Waals surface area contributed by atoms with E-state index in [1.54, 1.807) is 18.6 Å². The van der Waals surface area contributed by atoms with Crippen molar-refractivity contribution in [1.29, 1.82) is 0 Å². The Morgan fingerprint density at radius 1 is 1.19 bits per heavy atom. The highest BCUT2D eigenvalue weighted by Crippen LogP contribution is 2.33. The Morgan fingerprint density at radius 3 is 2.78 bits per heavy atom. The van der Waals surface area contributed by atoms with E-state index in [0.29, 0.717) is 22.7 Å². The molecule has 0 unspecified atom stereocenters. The molecule has 0 bridgehead atoms. The maximum Gasteiger partial charge on any atom is 0.247 e. The number of pyridine rings is 1. The third kappa shape index (κ3) is 4.86. The number of fused-ring (bicyclic) bond motifs is 1. The average molecular weight is 500 g/mol. The van der Waals surface area contributed by atoms with E-state index in [4.69, 9.17) is 16.6 Å². The number of benzene rings is 2. The van der Waals surface area contributed by atoms with Crippen LogP contribution >= 0.6 is 11.6 Å². The molecule has 4 aromatic rings. The van der Waals surface area contributed by atoms with Crippen LogP contribution in [0.3, 0.4) is 0 Å². The van der Waals surface area contributed by atoms with E-state index in [9.17, 15) is 4.79 Å². The molecule has 1 fully saturated rings. The molecular weight excluding hydrogens is 474 g/mol. The minimum atomic E-state index is -0.269. The van der Waals surface area contributed by atoms with Gasteiger partial charge in [0.2, 0.25) is 11.9 Å². The molecule has 2 aromatic heterocycles. The van der Waals surface area contributed by atoms with Crippen molar-refractivity contribution in [2.24, 2.45) is 0 Å². The van der Waals surface area contributed by atoms with E-state index >= 15 is 0 Å². The number of hydrogen-bond donors (Lipinski definition) is 2. The summed E-state index contributed by atoms with van der Waals surface area (Å²) in [6.07, 6.45) is 6.41. The SMILES string of the molecule is C=CC(=O)Nc1cc(Nc2ncc3cccc(-c4cncc(Cl)c4)c3n2)ccc1N(C)C1CN(C)C1. The van der Waals surface area contributed by atoms with Crippen molar-refractivity contribution in [3.05, 3.63) is 78.7 Å². The van der Waals surface area contributed by atoms with Gasteiger partial charge in [-0.15, -0.1) is 0 Å². The molecular formula is C27H26ClN7O. The standard InChI is InChI=1S/C27H26ClN7O/c1-4-25(36)32-23-11-20(8-9-24(23)35(3)21-15-34(2)16-21)31-27-30-13-17-6-5-7-22(26(17)33-27)18-10-19(28)14-29-12-18/h4-14,21H,1,15-16H2,2-3H3,(H,32,36)(H,30,31,33). The van der Waals surface area contributed by atoms with Crippen LogP contribution in [0.1, 0.15) is 0 Å². The van der Waals surface area contributed by atoms with Gasteiger partial charge in [-0.2, -0.15) is 0 Å². The number of aromatic nitrogens is 3. The molecule has 0 spiro atoms. The van der Waals surface area contributed by atoms with Crippen LogP contribution in [0.15, 0.2) is 73.7 Å². The van der Waals surface area contributed by atoms with E-state index < -0.39 is 0 Å².